The fourth-order valence-electron chi connectivity index (χ4n) is 2.99. The highest BCUT2D eigenvalue weighted by Crippen LogP contribution is 2.26. The molecule has 0 unspecified atom stereocenters. The van der Waals surface area contributed by atoms with Gasteiger partial charge in [-0.15, -0.1) is 0 Å². The van der Waals surface area contributed by atoms with Gasteiger partial charge in [-0.2, -0.15) is 0 Å². The number of nitrogens with one attached hydrogen (secondary N) is 2. The van der Waals surface area contributed by atoms with Crippen molar-refractivity contribution in [2.75, 3.05) is 0 Å². The summed E-state index contributed by atoms with van der Waals surface area (Å²) in [5.41, 5.74) is 1.75. The van der Waals surface area contributed by atoms with E-state index in [2.05, 4.69) is 15.2 Å². The van der Waals surface area contributed by atoms with Gasteiger partial charge in [0.25, 0.3) is 0 Å². The third-order valence-electron chi connectivity index (χ3n) is 4.44. The summed E-state index contributed by atoms with van der Waals surface area (Å²) in [5, 5.41) is 5.86. The van der Waals surface area contributed by atoms with Crippen molar-refractivity contribution in [3.8, 4) is 0 Å². The minimum atomic E-state index is -0.507. The first-order valence-electron chi connectivity index (χ1n) is 8.54. The molecule has 1 aromatic heterocycles. The molecule has 0 radical (unpaired) electrons. The molecular weight excluding hydrogens is 306 g/mol. The van der Waals surface area contributed by atoms with Crippen LogP contribution in [-0.4, -0.2) is 28.2 Å². The Hall–Kier alpha value is -1.98. The second kappa shape index (κ2) is 7.28. The summed E-state index contributed by atoms with van der Waals surface area (Å²) in [5.74, 6) is 0.00800. The van der Waals surface area contributed by atoms with Gasteiger partial charge in [-0.25, -0.2) is 4.79 Å². The Morgan fingerprint density at radius 1 is 1.29 bits per heavy atom. The van der Waals surface area contributed by atoms with Gasteiger partial charge in [-0.3, -0.25) is 4.79 Å². The predicted octanol–water partition coefficient (Wildman–Crippen LogP) is 2.64. The summed E-state index contributed by atoms with van der Waals surface area (Å²) in [7, 11) is 1.99. The standard InChI is InChI=1S/C18H29N3O3/c1-12-6-9-15(21(12)5)11-19-16(22)13-7-8-14(10-13)20-17(23)24-18(2,3)4/h6,9,13-14H,7-8,10-11H2,1-5H3,(H,19,22)(H,20,23)/t13-,14-/m1/s1. The molecular formula is C18H29N3O3. The number of hydrogen-bond donors (Lipinski definition) is 2. The quantitative estimate of drug-likeness (QED) is 0.888. The first-order chi connectivity index (χ1) is 11.2. The Kier molecular flexibility index (Phi) is 5.57. The highest BCUT2D eigenvalue weighted by Gasteiger charge is 2.31. The van der Waals surface area contributed by atoms with E-state index in [-0.39, 0.29) is 17.9 Å². The van der Waals surface area contributed by atoms with Crippen LogP contribution in [0, 0.1) is 12.8 Å². The Morgan fingerprint density at radius 2 is 2.00 bits per heavy atom. The number of alkyl carbamates (subject to hydrolysis) is 1. The van der Waals surface area contributed by atoms with E-state index < -0.39 is 11.7 Å². The molecule has 1 aliphatic rings. The van der Waals surface area contributed by atoms with Gasteiger partial charge in [0.05, 0.1) is 6.54 Å². The molecule has 0 bridgehead atoms. The Morgan fingerprint density at radius 3 is 2.58 bits per heavy atom. The van der Waals surface area contributed by atoms with Crippen LogP contribution >= 0.6 is 0 Å². The van der Waals surface area contributed by atoms with Crippen molar-refractivity contribution in [2.45, 2.75) is 65.1 Å². The van der Waals surface area contributed by atoms with E-state index in [9.17, 15) is 9.59 Å². The molecule has 1 aromatic rings. The lowest BCUT2D eigenvalue weighted by Crippen LogP contribution is -2.38. The van der Waals surface area contributed by atoms with Crippen LogP contribution in [0.15, 0.2) is 12.1 Å². The van der Waals surface area contributed by atoms with Crippen LogP contribution in [0.1, 0.15) is 51.4 Å². The maximum Gasteiger partial charge on any atom is 0.407 e. The number of aryl methyl sites for hydroxylation is 1. The number of hydrogen-bond acceptors (Lipinski definition) is 3. The summed E-state index contributed by atoms with van der Waals surface area (Å²) in [6.07, 6.45) is 1.85. The molecule has 1 aliphatic carbocycles. The third-order valence-corrected chi connectivity index (χ3v) is 4.44. The molecule has 2 atom stereocenters. The van der Waals surface area contributed by atoms with Crippen molar-refractivity contribution < 1.29 is 14.3 Å². The normalized spacial score (nSPS) is 20.7. The van der Waals surface area contributed by atoms with E-state index in [0.717, 1.165) is 18.5 Å². The first-order valence-corrected chi connectivity index (χ1v) is 8.54. The summed E-state index contributed by atoms with van der Waals surface area (Å²) >= 11 is 0. The number of nitrogens with zero attached hydrogens (tertiary/aromatic N) is 1. The molecule has 134 valence electrons. The Balaban J connectivity index is 1.77. The highest BCUT2D eigenvalue weighted by molar-refractivity contribution is 5.79. The number of ether oxygens (including phenoxy) is 1. The molecule has 6 nitrogen and oxygen atoms in total. The maximum absolute atomic E-state index is 12.3. The van der Waals surface area contributed by atoms with Gasteiger partial charge >= 0.3 is 6.09 Å². The monoisotopic (exact) mass is 335 g/mol. The topological polar surface area (TPSA) is 72.4 Å². The first kappa shape index (κ1) is 18.4. The molecule has 0 saturated heterocycles. The average Bonchev–Trinajstić information content (AvgIpc) is 3.03. The van der Waals surface area contributed by atoms with Crippen molar-refractivity contribution in [3.63, 3.8) is 0 Å². The molecule has 1 fully saturated rings. The van der Waals surface area contributed by atoms with Crippen LogP contribution in [0.5, 0.6) is 0 Å². The van der Waals surface area contributed by atoms with Crippen LogP contribution in [0.25, 0.3) is 0 Å². The molecule has 1 heterocycles. The van der Waals surface area contributed by atoms with Gasteiger partial charge in [0.2, 0.25) is 5.91 Å². The predicted molar refractivity (Wildman–Crippen MR) is 92.5 cm³/mol. The van der Waals surface area contributed by atoms with Gasteiger partial charge in [0.15, 0.2) is 0 Å². The average molecular weight is 335 g/mol. The third kappa shape index (κ3) is 5.01. The molecule has 6 heteroatoms. The number of carbonyl (C=O) groups is 2. The van der Waals surface area contributed by atoms with Crippen molar-refractivity contribution in [1.29, 1.82) is 0 Å². The van der Waals surface area contributed by atoms with Crippen LogP contribution < -0.4 is 10.6 Å². The molecule has 2 N–H and O–H groups in total. The lowest BCUT2D eigenvalue weighted by Gasteiger charge is -2.21. The van der Waals surface area contributed by atoms with Gasteiger partial charge in [-0.1, -0.05) is 0 Å². The number of amides is 2. The van der Waals surface area contributed by atoms with Crippen molar-refractivity contribution in [2.24, 2.45) is 13.0 Å². The van der Waals surface area contributed by atoms with E-state index in [0.29, 0.717) is 13.0 Å². The van der Waals surface area contributed by atoms with Gasteiger partial charge in [-0.05, 0) is 59.1 Å². The molecule has 2 amide bonds. The van der Waals surface area contributed by atoms with Crippen molar-refractivity contribution in [1.82, 2.24) is 15.2 Å². The van der Waals surface area contributed by atoms with Crippen LogP contribution in [0.2, 0.25) is 0 Å². The largest absolute Gasteiger partial charge is 0.444 e. The molecule has 0 aromatic carbocycles. The lowest BCUT2D eigenvalue weighted by molar-refractivity contribution is -0.125. The molecule has 1 saturated carbocycles. The smallest absolute Gasteiger partial charge is 0.407 e. The fraction of sp³-hybridized carbons (Fsp3) is 0.667. The summed E-state index contributed by atoms with van der Waals surface area (Å²) in [6, 6.07) is 4.07. The van der Waals surface area contributed by atoms with E-state index in [1.807, 2.05) is 46.9 Å². The van der Waals surface area contributed by atoms with Crippen molar-refractivity contribution in [3.05, 3.63) is 23.5 Å². The van der Waals surface area contributed by atoms with Gasteiger partial charge in [0, 0.05) is 30.4 Å². The molecule has 24 heavy (non-hydrogen) atoms. The zero-order chi connectivity index (χ0) is 17.9. The van der Waals surface area contributed by atoms with Gasteiger partial charge < -0.3 is 19.9 Å². The zero-order valence-corrected chi connectivity index (χ0v) is 15.3. The number of carbonyl (C=O) groups excluding carboxylic acids is 2. The minimum Gasteiger partial charge on any atom is -0.444 e. The number of rotatable bonds is 4. The summed E-state index contributed by atoms with van der Waals surface area (Å²) in [6.45, 7) is 8.08. The molecule has 0 spiro atoms. The van der Waals surface area contributed by atoms with Crippen LogP contribution in [0.3, 0.4) is 0 Å². The van der Waals surface area contributed by atoms with Crippen LogP contribution in [0.4, 0.5) is 4.79 Å². The van der Waals surface area contributed by atoms with E-state index in [1.54, 1.807) is 0 Å². The Labute approximate surface area is 143 Å². The SMILES string of the molecule is Cc1ccc(CNC(=O)[C@@H]2CC[C@@H](NC(=O)OC(C)(C)C)C2)n1C. The molecule has 0 aliphatic heterocycles. The van der Waals surface area contributed by atoms with E-state index >= 15 is 0 Å². The number of aromatic nitrogens is 1. The summed E-state index contributed by atoms with van der Waals surface area (Å²) < 4.78 is 7.33. The van der Waals surface area contributed by atoms with Crippen LogP contribution in [-0.2, 0) is 23.1 Å². The maximum atomic E-state index is 12.3. The highest BCUT2D eigenvalue weighted by atomic mass is 16.6. The van der Waals surface area contributed by atoms with Crippen molar-refractivity contribution >= 4 is 12.0 Å². The second-order valence-corrected chi connectivity index (χ2v) is 7.60. The zero-order valence-electron chi connectivity index (χ0n) is 15.3. The minimum absolute atomic E-state index is 0.00730. The van der Waals surface area contributed by atoms with E-state index in [1.165, 1.54) is 5.69 Å². The van der Waals surface area contributed by atoms with Gasteiger partial charge in [0.1, 0.15) is 5.60 Å². The summed E-state index contributed by atoms with van der Waals surface area (Å²) in [4.78, 5) is 24.1. The lowest BCUT2D eigenvalue weighted by atomic mass is 10.1. The molecule has 2 rings (SSSR count). The second-order valence-electron chi connectivity index (χ2n) is 7.60. The Bertz CT molecular complexity index is 601. The fourth-order valence-corrected chi connectivity index (χ4v) is 2.99. The van der Waals surface area contributed by atoms with E-state index in [4.69, 9.17) is 4.74 Å².